The zero-order valence-corrected chi connectivity index (χ0v) is 13.6. The predicted octanol–water partition coefficient (Wildman–Crippen LogP) is 2.33. The number of rotatable bonds is 5. The van der Waals surface area contributed by atoms with Crippen molar-refractivity contribution in [3.63, 3.8) is 0 Å². The third-order valence-electron chi connectivity index (χ3n) is 3.92. The molecule has 0 unspecified atom stereocenters. The molecular weight excluding hydrogens is 339 g/mol. The molecule has 1 saturated heterocycles. The van der Waals surface area contributed by atoms with E-state index in [1.54, 1.807) is 19.2 Å². The van der Waals surface area contributed by atoms with Gasteiger partial charge in [-0.05, 0) is 60.1 Å². The summed E-state index contributed by atoms with van der Waals surface area (Å²) < 4.78 is 19.1. The zero-order valence-electron chi connectivity index (χ0n) is 12.0. The van der Waals surface area contributed by atoms with Crippen LogP contribution in [-0.4, -0.2) is 39.3 Å². The molecule has 1 aliphatic rings. The van der Waals surface area contributed by atoms with Gasteiger partial charge in [-0.15, -0.1) is 0 Å². The van der Waals surface area contributed by atoms with Crippen LogP contribution < -0.4 is 10.6 Å². The summed E-state index contributed by atoms with van der Waals surface area (Å²) in [6, 6.07) is 4.39. The first-order valence-corrected chi connectivity index (χ1v) is 7.78. The number of methoxy groups -OCH3 is 1. The molecular formula is C15H20BrFN2O2. The average molecular weight is 359 g/mol. The summed E-state index contributed by atoms with van der Waals surface area (Å²) in [7, 11) is 1.68. The summed E-state index contributed by atoms with van der Waals surface area (Å²) in [5, 5.41) is 6.22. The monoisotopic (exact) mass is 358 g/mol. The van der Waals surface area contributed by atoms with Crippen LogP contribution in [0.5, 0.6) is 0 Å². The van der Waals surface area contributed by atoms with Gasteiger partial charge in [-0.2, -0.15) is 0 Å². The van der Waals surface area contributed by atoms with Crippen LogP contribution in [-0.2, 0) is 4.74 Å². The minimum atomic E-state index is -0.434. The van der Waals surface area contributed by atoms with Crippen molar-refractivity contribution in [2.75, 3.05) is 33.4 Å². The molecule has 0 bridgehead atoms. The molecule has 0 saturated carbocycles. The van der Waals surface area contributed by atoms with Crippen LogP contribution in [0, 0.1) is 11.2 Å². The highest BCUT2D eigenvalue weighted by atomic mass is 79.9. The van der Waals surface area contributed by atoms with Crippen molar-refractivity contribution < 1.29 is 13.9 Å². The topological polar surface area (TPSA) is 50.4 Å². The Hall–Kier alpha value is -0.980. The fourth-order valence-electron chi connectivity index (χ4n) is 2.64. The van der Waals surface area contributed by atoms with Crippen LogP contribution in [0.1, 0.15) is 23.2 Å². The standard InChI is InChI=1S/C15H20BrFN2O2/c1-21-10-15(4-6-18-7-5-15)9-19-14(20)11-2-3-12(16)13(17)8-11/h2-3,8,18H,4-7,9-10H2,1H3,(H,19,20). The van der Waals surface area contributed by atoms with E-state index >= 15 is 0 Å². The van der Waals surface area contributed by atoms with E-state index in [1.807, 2.05) is 0 Å². The molecule has 0 radical (unpaired) electrons. The van der Waals surface area contributed by atoms with Crippen LogP contribution in [0.2, 0.25) is 0 Å². The van der Waals surface area contributed by atoms with E-state index < -0.39 is 5.82 Å². The molecule has 21 heavy (non-hydrogen) atoms. The molecule has 1 fully saturated rings. The average Bonchev–Trinajstić information content (AvgIpc) is 2.49. The van der Waals surface area contributed by atoms with Gasteiger partial charge in [0, 0.05) is 24.6 Å². The van der Waals surface area contributed by atoms with E-state index in [0.29, 0.717) is 23.2 Å². The number of nitrogens with one attached hydrogen (secondary N) is 2. The van der Waals surface area contributed by atoms with Crippen molar-refractivity contribution >= 4 is 21.8 Å². The largest absolute Gasteiger partial charge is 0.384 e. The van der Waals surface area contributed by atoms with Crippen molar-refractivity contribution in [2.45, 2.75) is 12.8 Å². The number of benzene rings is 1. The maximum Gasteiger partial charge on any atom is 0.251 e. The van der Waals surface area contributed by atoms with Gasteiger partial charge < -0.3 is 15.4 Å². The SMILES string of the molecule is COCC1(CNC(=O)c2ccc(Br)c(F)c2)CCNCC1. The first-order valence-electron chi connectivity index (χ1n) is 6.99. The Labute approximate surface area is 132 Å². The van der Waals surface area contributed by atoms with E-state index in [1.165, 1.54) is 6.07 Å². The molecule has 0 atom stereocenters. The fourth-order valence-corrected chi connectivity index (χ4v) is 2.89. The Balaban J connectivity index is 1.99. The van der Waals surface area contributed by atoms with Gasteiger partial charge in [0.05, 0.1) is 11.1 Å². The van der Waals surface area contributed by atoms with Crippen LogP contribution in [0.15, 0.2) is 22.7 Å². The molecule has 1 aromatic carbocycles. The molecule has 1 amide bonds. The molecule has 2 N–H and O–H groups in total. The van der Waals surface area contributed by atoms with Crippen molar-refractivity contribution in [1.29, 1.82) is 0 Å². The van der Waals surface area contributed by atoms with Crippen LogP contribution in [0.25, 0.3) is 0 Å². The first-order chi connectivity index (χ1) is 10.1. The third-order valence-corrected chi connectivity index (χ3v) is 4.56. The molecule has 4 nitrogen and oxygen atoms in total. The van der Waals surface area contributed by atoms with E-state index in [2.05, 4.69) is 26.6 Å². The third kappa shape index (κ3) is 4.25. The number of piperidine rings is 1. The minimum Gasteiger partial charge on any atom is -0.384 e. The van der Waals surface area contributed by atoms with Gasteiger partial charge in [-0.3, -0.25) is 4.79 Å². The number of halogens is 2. The maximum absolute atomic E-state index is 13.5. The number of hydrogen-bond acceptors (Lipinski definition) is 3. The lowest BCUT2D eigenvalue weighted by atomic mass is 9.79. The lowest BCUT2D eigenvalue weighted by molar-refractivity contribution is 0.0511. The molecule has 1 aromatic rings. The smallest absolute Gasteiger partial charge is 0.251 e. The van der Waals surface area contributed by atoms with Crippen molar-refractivity contribution in [3.05, 3.63) is 34.1 Å². The molecule has 0 spiro atoms. The first kappa shape index (κ1) is 16.4. The number of ether oxygens (including phenoxy) is 1. The molecule has 1 aliphatic heterocycles. The highest BCUT2D eigenvalue weighted by molar-refractivity contribution is 9.10. The quantitative estimate of drug-likeness (QED) is 0.849. The van der Waals surface area contributed by atoms with Gasteiger partial charge in [0.15, 0.2) is 0 Å². The summed E-state index contributed by atoms with van der Waals surface area (Å²) >= 11 is 3.08. The van der Waals surface area contributed by atoms with Crippen molar-refractivity contribution in [3.8, 4) is 0 Å². The van der Waals surface area contributed by atoms with E-state index in [9.17, 15) is 9.18 Å². The fraction of sp³-hybridized carbons (Fsp3) is 0.533. The summed E-state index contributed by atoms with van der Waals surface area (Å²) in [5.41, 5.74) is 0.293. The van der Waals surface area contributed by atoms with E-state index in [-0.39, 0.29) is 11.3 Å². The Morgan fingerprint density at radius 3 is 2.81 bits per heavy atom. The summed E-state index contributed by atoms with van der Waals surface area (Å²) in [6.07, 6.45) is 1.91. The molecule has 0 aromatic heterocycles. The van der Waals surface area contributed by atoms with E-state index in [4.69, 9.17) is 4.74 Å². The Morgan fingerprint density at radius 1 is 1.48 bits per heavy atom. The normalized spacial score (nSPS) is 17.5. The van der Waals surface area contributed by atoms with Crippen LogP contribution >= 0.6 is 15.9 Å². The summed E-state index contributed by atoms with van der Waals surface area (Å²) in [6.45, 7) is 3.00. The van der Waals surface area contributed by atoms with E-state index in [0.717, 1.165) is 25.9 Å². The molecule has 6 heteroatoms. The number of carbonyl (C=O) groups is 1. The molecule has 2 rings (SSSR count). The lowest BCUT2D eigenvalue weighted by Crippen LogP contribution is -2.47. The Bertz CT molecular complexity index is 499. The van der Waals surface area contributed by atoms with Crippen LogP contribution in [0.4, 0.5) is 4.39 Å². The number of hydrogen-bond donors (Lipinski definition) is 2. The minimum absolute atomic E-state index is 0.0381. The zero-order chi connectivity index (χ0) is 15.3. The van der Waals surface area contributed by atoms with Gasteiger partial charge in [-0.1, -0.05) is 0 Å². The Kier molecular flexibility index (Phi) is 5.72. The van der Waals surface area contributed by atoms with Gasteiger partial charge in [0.1, 0.15) is 5.82 Å². The lowest BCUT2D eigenvalue weighted by Gasteiger charge is -2.37. The molecule has 116 valence electrons. The highest BCUT2D eigenvalue weighted by Crippen LogP contribution is 2.28. The summed E-state index contributed by atoms with van der Waals surface area (Å²) in [4.78, 5) is 12.1. The second-order valence-electron chi connectivity index (χ2n) is 5.49. The maximum atomic E-state index is 13.5. The van der Waals surface area contributed by atoms with Crippen LogP contribution in [0.3, 0.4) is 0 Å². The summed E-state index contributed by atoms with van der Waals surface area (Å²) in [5.74, 6) is -0.688. The van der Waals surface area contributed by atoms with Gasteiger partial charge in [0.2, 0.25) is 0 Å². The predicted molar refractivity (Wildman–Crippen MR) is 82.8 cm³/mol. The molecule has 0 aliphatic carbocycles. The van der Waals surface area contributed by atoms with Gasteiger partial charge in [-0.25, -0.2) is 4.39 Å². The molecule has 1 heterocycles. The highest BCUT2D eigenvalue weighted by Gasteiger charge is 2.32. The number of amides is 1. The van der Waals surface area contributed by atoms with Crippen molar-refractivity contribution in [2.24, 2.45) is 5.41 Å². The van der Waals surface area contributed by atoms with Gasteiger partial charge in [0.25, 0.3) is 5.91 Å². The number of carbonyl (C=O) groups excluding carboxylic acids is 1. The second kappa shape index (κ2) is 7.33. The Morgan fingerprint density at radius 2 is 2.19 bits per heavy atom. The van der Waals surface area contributed by atoms with Gasteiger partial charge >= 0.3 is 0 Å². The second-order valence-corrected chi connectivity index (χ2v) is 6.35. The van der Waals surface area contributed by atoms with Crippen molar-refractivity contribution in [1.82, 2.24) is 10.6 Å².